The summed E-state index contributed by atoms with van der Waals surface area (Å²) in [5.41, 5.74) is 0.698. The first kappa shape index (κ1) is 17.2. The van der Waals surface area contributed by atoms with Crippen molar-refractivity contribution in [2.24, 2.45) is 0 Å². The highest BCUT2D eigenvalue weighted by atomic mass is 79.9. The molecule has 0 fully saturated rings. The van der Waals surface area contributed by atoms with Gasteiger partial charge in [0.15, 0.2) is 0 Å². The van der Waals surface area contributed by atoms with Gasteiger partial charge >= 0.3 is 5.97 Å². The molecular formula is C14H20BrNO3S. The number of rotatable bonds is 9. The lowest BCUT2D eigenvalue weighted by Gasteiger charge is -2.04. The van der Waals surface area contributed by atoms with E-state index in [9.17, 15) is 9.59 Å². The Morgan fingerprint density at radius 1 is 1.30 bits per heavy atom. The zero-order chi connectivity index (χ0) is 14.8. The van der Waals surface area contributed by atoms with Crippen molar-refractivity contribution in [2.45, 2.75) is 39.0 Å². The molecule has 1 N–H and O–H groups in total. The summed E-state index contributed by atoms with van der Waals surface area (Å²) in [6.45, 7) is 2.93. The quantitative estimate of drug-likeness (QED) is 0.538. The van der Waals surface area contributed by atoms with E-state index in [0.717, 1.165) is 29.5 Å². The first-order valence-corrected chi connectivity index (χ1v) is 8.48. The normalized spacial score (nSPS) is 10.3. The Balaban J connectivity index is 2.00. The van der Waals surface area contributed by atoms with Gasteiger partial charge in [-0.2, -0.15) is 0 Å². The van der Waals surface area contributed by atoms with Crippen molar-refractivity contribution in [2.75, 3.05) is 13.2 Å². The second-order valence-corrected chi connectivity index (χ2v) is 6.66. The van der Waals surface area contributed by atoms with Gasteiger partial charge < -0.3 is 10.1 Å². The van der Waals surface area contributed by atoms with Crippen LogP contribution in [0.1, 0.15) is 49.4 Å². The van der Waals surface area contributed by atoms with Crippen LogP contribution in [0.3, 0.4) is 0 Å². The number of nitrogens with one attached hydrogen (secondary N) is 1. The number of hydrogen-bond acceptors (Lipinski definition) is 4. The maximum Gasteiger partial charge on any atom is 0.305 e. The maximum absolute atomic E-state index is 11.7. The molecule has 1 rings (SSSR count). The predicted molar refractivity (Wildman–Crippen MR) is 84.1 cm³/mol. The average molecular weight is 362 g/mol. The smallest absolute Gasteiger partial charge is 0.305 e. The Morgan fingerprint density at radius 3 is 2.70 bits per heavy atom. The monoisotopic (exact) mass is 361 g/mol. The van der Waals surface area contributed by atoms with Gasteiger partial charge in [-0.05, 0) is 41.8 Å². The summed E-state index contributed by atoms with van der Waals surface area (Å²) in [5.74, 6) is -0.151. The summed E-state index contributed by atoms with van der Waals surface area (Å²) < 4.78 is 5.81. The lowest BCUT2D eigenvalue weighted by Crippen LogP contribution is -2.23. The molecule has 0 atom stereocenters. The molecule has 1 aromatic heterocycles. The van der Waals surface area contributed by atoms with Crippen LogP contribution in [0.15, 0.2) is 15.2 Å². The zero-order valence-electron chi connectivity index (χ0n) is 11.6. The fraction of sp³-hybridized carbons (Fsp3) is 0.571. The van der Waals surface area contributed by atoms with Gasteiger partial charge in [-0.1, -0.05) is 12.8 Å². The molecule has 0 aromatic carbocycles. The third kappa shape index (κ3) is 7.05. The number of esters is 1. The number of hydrogen-bond donors (Lipinski definition) is 1. The molecule has 0 aliphatic heterocycles. The van der Waals surface area contributed by atoms with E-state index in [1.54, 1.807) is 0 Å². The van der Waals surface area contributed by atoms with Crippen LogP contribution < -0.4 is 5.32 Å². The van der Waals surface area contributed by atoms with Crippen LogP contribution in [0.5, 0.6) is 0 Å². The highest BCUT2D eigenvalue weighted by Crippen LogP contribution is 2.20. The van der Waals surface area contributed by atoms with Gasteiger partial charge in [0, 0.05) is 18.3 Å². The lowest BCUT2D eigenvalue weighted by molar-refractivity contribution is -0.143. The molecule has 1 heterocycles. The number of thiophene rings is 1. The van der Waals surface area contributed by atoms with Gasteiger partial charge in [-0.15, -0.1) is 11.3 Å². The van der Waals surface area contributed by atoms with Crippen LogP contribution in [0.25, 0.3) is 0 Å². The standard InChI is InChI=1S/C14H20BrNO3S/c1-2-19-13(17)7-5-3-4-6-8-16-14(18)11-9-12(15)20-10-11/h9-10H,2-8H2,1H3,(H,16,18). The first-order valence-electron chi connectivity index (χ1n) is 6.81. The van der Waals surface area contributed by atoms with Crippen molar-refractivity contribution in [1.82, 2.24) is 5.32 Å². The van der Waals surface area contributed by atoms with Gasteiger partial charge in [-0.25, -0.2) is 0 Å². The number of unbranched alkanes of at least 4 members (excludes halogenated alkanes) is 3. The van der Waals surface area contributed by atoms with E-state index >= 15 is 0 Å². The Morgan fingerprint density at radius 2 is 2.05 bits per heavy atom. The first-order chi connectivity index (χ1) is 9.63. The van der Waals surface area contributed by atoms with E-state index in [4.69, 9.17) is 4.74 Å². The molecule has 0 aliphatic carbocycles. The number of carbonyl (C=O) groups is 2. The van der Waals surface area contributed by atoms with Crippen LogP contribution in [-0.2, 0) is 9.53 Å². The minimum atomic E-state index is -0.121. The third-order valence-electron chi connectivity index (χ3n) is 2.73. The lowest BCUT2D eigenvalue weighted by atomic mass is 10.1. The van der Waals surface area contributed by atoms with Crippen molar-refractivity contribution in [3.63, 3.8) is 0 Å². The minimum absolute atomic E-state index is 0.0292. The summed E-state index contributed by atoms with van der Waals surface area (Å²) in [6, 6.07) is 1.82. The third-order valence-corrected chi connectivity index (χ3v) is 4.23. The fourth-order valence-corrected chi connectivity index (χ4v) is 2.85. The van der Waals surface area contributed by atoms with Crippen molar-refractivity contribution in [3.05, 3.63) is 20.8 Å². The minimum Gasteiger partial charge on any atom is -0.466 e. The van der Waals surface area contributed by atoms with Crippen molar-refractivity contribution in [1.29, 1.82) is 0 Å². The topological polar surface area (TPSA) is 55.4 Å². The summed E-state index contributed by atoms with van der Waals surface area (Å²) >= 11 is 4.84. The van der Waals surface area contributed by atoms with Crippen LogP contribution in [0, 0.1) is 0 Å². The molecule has 0 bridgehead atoms. The summed E-state index contributed by atoms with van der Waals surface area (Å²) in [5, 5.41) is 4.72. The number of ether oxygens (including phenoxy) is 1. The zero-order valence-corrected chi connectivity index (χ0v) is 14.0. The Bertz CT molecular complexity index is 434. The maximum atomic E-state index is 11.7. The molecule has 0 aliphatic rings. The van der Waals surface area contributed by atoms with Crippen molar-refractivity contribution in [3.8, 4) is 0 Å². The molecule has 1 aromatic rings. The number of carbonyl (C=O) groups excluding carboxylic acids is 2. The molecule has 112 valence electrons. The second kappa shape index (κ2) is 9.94. The Hall–Kier alpha value is -0.880. The van der Waals surface area contributed by atoms with E-state index in [1.807, 2.05) is 18.4 Å². The van der Waals surface area contributed by atoms with Gasteiger partial charge in [0.1, 0.15) is 0 Å². The molecule has 0 radical (unpaired) electrons. The van der Waals surface area contributed by atoms with E-state index in [0.29, 0.717) is 25.1 Å². The van der Waals surface area contributed by atoms with E-state index in [-0.39, 0.29) is 11.9 Å². The molecule has 0 spiro atoms. The Kier molecular flexibility index (Phi) is 8.53. The van der Waals surface area contributed by atoms with Crippen LogP contribution in [0.2, 0.25) is 0 Å². The van der Waals surface area contributed by atoms with Gasteiger partial charge in [0.25, 0.3) is 5.91 Å². The Labute approximate surface area is 132 Å². The van der Waals surface area contributed by atoms with Gasteiger partial charge in [0.2, 0.25) is 0 Å². The van der Waals surface area contributed by atoms with Crippen LogP contribution in [-0.4, -0.2) is 25.0 Å². The van der Waals surface area contributed by atoms with Gasteiger partial charge in [-0.3, -0.25) is 9.59 Å². The van der Waals surface area contributed by atoms with Crippen LogP contribution >= 0.6 is 27.3 Å². The molecule has 20 heavy (non-hydrogen) atoms. The molecule has 1 amide bonds. The van der Waals surface area contributed by atoms with Crippen LogP contribution in [0.4, 0.5) is 0 Å². The fourth-order valence-electron chi connectivity index (χ4n) is 1.71. The molecule has 4 nitrogen and oxygen atoms in total. The summed E-state index contributed by atoms with van der Waals surface area (Å²) in [6.07, 6.45) is 4.26. The second-order valence-electron chi connectivity index (χ2n) is 4.36. The average Bonchev–Trinajstić information content (AvgIpc) is 2.84. The molecule has 0 saturated carbocycles. The predicted octanol–water partition coefficient (Wildman–Crippen LogP) is 3.75. The largest absolute Gasteiger partial charge is 0.466 e. The molecule has 6 heteroatoms. The summed E-state index contributed by atoms with van der Waals surface area (Å²) in [4.78, 5) is 22.8. The number of amides is 1. The molecule has 0 saturated heterocycles. The van der Waals surface area contributed by atoms with Gasteiger partial charge in [0.05, 0.1) is 16.0 Å². The van der Waals surface area contributed by atoms with Crippen molar-refractivity contribution < 1.29 is 14.3 Å². The number of halogens is 1. The molecular weight excluding hydrogens is 342 g/mol. The van der Waals surface area contributed by atoms with E-state index in [2.05, 4.69) is 21.2 Å². The van der Waals surface area contributed by atoms with E-state index < -0.39 is 0 Å². The highest BCUT2D eigenvalue weighted by Gasteiger charge is 2.06. The van der Waals surface area contributed by atoms with Crippen molar-refractivity contribution >= 4 is 39.1 Å². The van der Waals surface area contributed by atoms with E-state index in [1.165, 1.54) is 11.3 Å². The SMILES string of the molecule is CCOC(=O)CCCCCCNC(=O)c1csc(Br)c1. The highest BCUT2D eigenvalue weighted by molar-refractivity contribution is 9.11. The summed E-state index contributed by atoms with van der Waals surface area (Å²) in [7, 11) is 0. The molecule has 0 unspecified atom stereocenters.